The van der Waals surface area contributed by atoms with Gasteiger partial charge in [-0.25, -0.2) is 0 Å². The highest BCUT2D eigenvalue weighted by Gasteiger charge is 2.36. The Balaban J connectivity index is 1.55. The highest BCUT2D eigenvalue weighted by molar-refractivity contribution is 5.49. The summed E-state index contributed by atoms with van der Waals surface area (Å²) >= 11 is 0. The molecule has 1 aromatic rings. The van der Waals surface area contributed by atoms with Gasteiger partial charge in [0.05, 0.1) is 0 Å². The third kappa shape index (κ3) is 4.99. The van der Waals surface area contributed by atoms with Gasteiger partial charge in [0, 0.05) is 6.42 Å². The Morgan fingerprint density at radius 3 is 2.36 bits per heavy atom. The van der Waals surface area contributed by atoms with Crippen LogP contribution in [0.4, 0.5) is 13.2 Å². The van der Waals surface area contributed by atoms with E-state index in [1.807, 2.05) is 0 Å². The Morgan fingerprint density at radius 1 is 1.00 bits per heavy atom. The number of rotatable bonds is 5. The first-order valence-electron chi connectivity index (χ1n) is 9.24. The van der Waals surface area contributed by atoms with E-state index in [4.69, 9.17) is 0 Å². The number of hydrogen-bond donors (Lipinski definition) is 0. The molecule has 1 unspecified atom stereocenters. The zero-order valence-corrected chi connectivity index (χ0v) is 14.3. The molecule has 3 rings (SSSR count). The van der Waals surface area contributed by atoms with Gasteiger partial charge in [-0.2, -0.15) is 0 Å². The molecule has 2 nitrogen and oxygen atoms in total. The lowest BCUT2D eigenvalue weighted by Gasteiger charge is -2.42. The largest absolute Gasteiger partial charge is 0.573 e. The second-order valence-corrected chi connectivity index (χ2v) is 7.57. The molecule has 0 saturated heterocycles. The molecular weight excluding hydrogens is 329 g/mol. The number of alkyl halides is 3. The van der Waals surface area contributed by atoms with Crippen molar-refractivity contribution in [1.82, 2.24) is 0 Å². The first-order chi connectivity index (χ1) is 11.9. The molecule has 0 amide bonds. The Kier molecular flexibility index (Phi) is 5.70. The number of ether oxygens (including phenoxy) is 1. The molecular formula is C20H25F3O2. The topological polar surface area (TPSA) is 26.3 Å². The van der Waals surface area contributed by atoms with Crippen LogP contribution in [-0.4, -0.2) is 12.6 Å². The maximum atomic E-state index is 12.2. The first-order valence-corrected chi connectivity index (χ1v) is 9.24. The summed E-state index contributed by atoms with van der Waals surface area (Å²) in [6, 6.07) is 6.40. The summed E-state index contributed by atoms with van der Waals surface area (Å²) in [6.45, 7) is 0. The number of benzene rings is 1. The third-order valence-electron chi connectivity index (χ3n) is 6.00. The van der Waals surface area contributed by atoms with Crippen LogP contribution in [0, 0.1) is 17.8 Å². The maximum Gasteiger partial charge on any atom is 0.573 e. The van der Waals surface area contributed by atoms with Crippen molar-refractivity contribution >= 4 is 6.29 Å². The highest BCUT2D eigenvalue weighted by Crippen LogP contribution is 2.48. The molecule has 0 spiro atoms. The fraction of sp³-hybridized carbons (Fsp3) is 0.650. The van der Waals surface area contributed by atoms with Gasteiger partial charge in [0.25, 0.3) is 0 Å². The molecule has 0 N–H and O–H groups in total. The smallest absolute Gasteiger partial charge is 0.406 e. The molecule has 0 aliphatic heterocycles. The molecule has 25 heavy (non-hydrogen) atoms. The van der Waals surface area contributed by atoms with Gasteiger partial charge in [0.2, 0.25) is 0 Å². The van der Waals surface area contributed by atoms with Crippen LogP contribution in [0.2, 0.25) is 0 Å². The minimum absolute atomic E-state index is 0.152. The van der Waals surface area contributed by atoms with Gasteiger partial charge in [0.15, 0.2) is 0 Å². The molecule has 1 aromatic carbocycles. The summed E-state index contributed by atoms with van der Waals surface area (Å²) in [7, 11) is 0. The minimum atomic E-state index is -4.64. The van der Waals surface area contributed by atoms with Crippen LogP contribution in [0.25, 0.3) is 0 Å². The summed E-state index contributed by atoms with van der Waals surface area (Å²) in [6.07, 6.45) is 5.17. The predicted octanol–water partition coefficient (Wildman–Crippen LogP) is 5.86. The second-order valence-electron chi connectivity index (χ2n) is 7.57. The molecule has 5 heteroatoms. The molecule has 2 fully saturated rings. The average molecular weight is 354 g/mol. The Bertz CT molecular complexity index is 567. The van der Waals surface area contributed by atoms with Crippen LogP contribution in [-0.2, 0) is 4.79 Å². The lowest BCUT2D eigenvalue weighted by molar-refractivity contribution is -0.274. The summed E-state index contributed by atoms with van der Waals surface area (Å²) in [5.74, 6) is 2.46. The fourth-order valence-electron chi connectivity index (χ4n) is 4.80. The van der Waals surface area contributed by atoms with Crippen LogP contribution >= 0.6 is 0 Å². The first kappa shape index (κ1) is 18.3. The van der Waals surface area contributed by atoms with E-state index in [2.05, 4.69) is 4.74 Å². The molecule has 0 aromatic heterocycles. The number of carbonyl (C=O) groups is 1. The van der Waals surface area contributed by atoms with Crippen molar-refractivity contribution < 1.29 is 22.7 Å². The van der Waals surface area contributed by atoms with E-state index in [9.17, 15) is 18.0 Å². The molecule has 4 atom stereocenters. The van der Waals surface area contributed by atoms with E-state index in [1.54, 1.807) is 12.1 Å². The number of halogens is 3. The molecule has 0 heterocycles. The Morgan fingerprint density at radius 2 is 1.68 bits per heavy atom. The average Bonchev–Trinajstić information content (AvgIpc) is 2.58. The molecule has 138 valence electrons. The van der Waals surface area contributed by atoms with Crippen molar-refractivity contribution in [3.05, 3.63) is 29.8 Å². The van der Waals surface area contributed by atoms with Crippen molar-refractivity contribution in [2.75, 3.05) is 0 Å². The van der Waals surface area contributed by atoms with Gasteiger partial charge in [-0.1, -0.05) is 18.6 Å². The van der Waals surface area contributed by atoms with Gasteiger partial charge in [-0.05, 0) is 79.9 Å². The standard InChI is InChI=1S/C20H25F3O2/c21-20(22,23)25-19-9-7-15(8-10-19)17-6-5-16-12-14(2-1-11-24)3-4-18(16)13-17/h7-11,14,16-18H,1-6,12-13H2/t14-,16-,17?,18-/m1/s1. The third-order valence-corrected chi connectivity index (χ3v) is 6.00. The van der Waals surface area contributed by atoms with E-state index in [-0.39, 0.29) is 5.75 Å². The van der Waals surface area contributed by atoms with Crippen LogP contribution in [0.5, 0.6) is 5.75 Å². The minimum Gasteiger partial charge on any atom is -0.406 e. The van der Waals surface area contributed by atoms with Crippen molar-refractivity contribution in [3.63, 3.8) is 0 Å². The van der Waals surface area contributed by atoms with E-state index in [1.165, 1.54) is 37.8 Å². The summed E-state index contributed by atoms with van der Waals surface area (Å²) in [5, 5.41) is 0. The van der Waals surface area contributed by atoms with Gasteiger partial charge >= 0.3 is 6.36 Å². The van der Waals surface area contributed by atoms with Gasteiger partial charge in [-0.3, -0.25) is 0 Å². The number of hydrogen-bond acceptors (Lipinski definition) is 2. The fourth-order valence-corrected chi connectivity index (χ4v) is 4.80. The SMILES string of the molecule is O=CCC[C@@H]1CC[C@@H]2CC(c3ccc(OC(F)(F)F)cc3)CC[C@@H]2C1. The van der Waals surface area contributed by atoms with Gasteiger partial charge in [-0.15, -0.1) is 13.2 Å². The van der Waals surface area contributed by atoms with E-state index in [0.717, 1.165) is 42.9 Å². The van der Waals surface area contributed by atoms with Crippen LogP contribution in [0.1, 0.15) is 62.8 Å². The van der Waals surface area contributed by atoms with Crippen molar-refractivity contribution in [1.29, 1.82) is 0 Å². The molecule has 2 aliphatic rings. The van der Waals surface area contributed by atoms with Crippen LogP contribution < -0.4 is 4.74 Å². The molecule has 0 bridgehead atoms. The van der Waals surface area contributed by atoms with Gasteiger partial charge in [0.1, 0.15) is 12.0 Å². The number of aldehydes is 1. The van der Waals surface area contributed by atoms with Crippen molar-refractivity contribution in [2.24, 2.45) is 17.8 Å². The van der Waals surface area contributed by atoms with E-state index >= 15 is 0 Å². The van der Waals surface area contributed by atoms with E-state index < -0.39 is 6.36 Å². The van der Waals surface area contributed by atoms with Crippen molar-refractivity contribution in [3.8, 4) is 5.75 Å². The lowest BCUT2D eigenvalue weighted by atomic mass is 9.63. The zero-order chi connectivity index (χ0) is 17.9. The molecule has 0 radical (unpaired) electrons. The van der Waals surface area contributed by atoms with Crippen LogP contribution in [0.3, 0.4) is 0 Å². The summed E-state index contributed by atoms with van der Waals surface area (Å²) < 4.78 is 40.7. The lowest BCUT2D eigenvalue weighted by Crippen LogP contribution is -2.30. The normalized spacial score (nSPS) is 29.7. The van der Waals surface area contributed by atoms with Gasteiger partial charge < -0.3 is 9.53 Å². The Labute approximate surface area is 146 Å². The summed E-state index contributed by atoms with van der Waals surface area (Å²) in [5.41, 5.74) is 1.12. The Hall–Kier alpha value is -1.52. The highest BCUT2D eigenvalue weighted by atomic mass is 19.4. The number of carbonyl (C=O) groups excluding carboxylic acids is 1. The number of fused-ring (bicyclic) bond motifs is 1. The molecule has 2 aliphatic carbocycles. The summed E-state index contributed by atoms with van der Waals surface area (Å²) in [4.78, 5) is 10.6. The predicted molar refractivity (Wildman–Crippen MR) is 89.3 cm³/mol. The van der Waals surface area contributed by atoms with Crippen LogP contribution in [0.15, 0.2) is 24.3 Å². The second kappa shape index (κ2) is 7.79. The maximum absolute atomic E-state index is 12.2. The zero-order valence-electron chi connectivity index (χ0n) is 14.3. The molecule has 2 saturated carbocycles. The van der Waals surface area contributed by atoms with Crippen molar-refractivity contribution in [2.45, 2.75) is 63.6 Å². The van der Waals surface area contributed by atoms with E-state index in [0.29, 0.717) is 18.3 Å². The quantitative estimate of drug-likeness (QED) is 0.619. The monoisotopic (exact) mass is 354 g/mol.